The monoisotopic (exact) mass is 531 g/mol. The zero-order valence-electron chi connectivity index (χ0n) is 22.2. The van der Waals surface area contributed by atoms with Gasteiger partial charge in [0.25, 0.3) is 5.91 Å². The molecule has 7 nitrogen and oxygen atoms in total. The molecule has 0 fully saturated rings. The van der Waals surface area contributed by atoms with Crippen molar-refractivity contribution in [2.75, 3.05) is 33.6 Å². The number of nitrogens with zero attached hydrogens (tertiary/aromatic N) is 2. The van der Waals surface area contributed by atoms with Gasteiger partial charge < -0.3 is 24.1 Å². The first-order valence-electron chi connectivity index (χ1n) is 12.5. The number of rotatable bonds is 12. The summed E-state index contributed by atoms with van der Waals surface area (Å²) in [6, 6.07) is 23.2. The number of methoxy groups -OCH3 is 3. The molecule has 1 N–H and O–H groups in total. The molecule has 4 aromatic rings. The number of amides is 1. The Morgan fingerprint density at radius 1 is 0.868 bits per heavy atom. The van der Waals surface area contributed by atoms with E-state index in [1.165, 1.54) is 0 Å². The fourth-order valence-corrected chi connectivity index (χ4v) is 5.02. The maximum atomic E-state index is 12.6. The Kier molecular flexibility index (Phi) is 9.32. The molecule has 0 unspecified atom stereocenters. The van der Waals surface area contributed by atoms with Gasteiger partial charge in [-0.1, -0.05) is 24.8 Å². The molecule has 3 aromatic carbocycles. The van der Waals surface area contributed by atoms with Crippen LogP contribution in [0.25, 0.3) is 22.5 Å². The van der Waals surface area contributed by atoms with E-state index >= 15 is 0 Å². The van der Waals surface area contributed by atoms with Crippen molar-refractivity contribution < 1.29 is 19.0 Å². The largest absolute Gasteiger partial charge is 0.497 e. The molecule has 8 heteroatoms. The highest BCUT2D eigenvalue weighted by atomic mass is 32.2. The van der Waals surface area contributed by atoms with Crippen LogP contribution in [-0.4, -0.2) is 49.1 Å². The standard InChI is InChI=1S/C30H33N3O4S/c1-5-18-33-28(22-11-15-25(36-3)16-12-22)27(21-9-13-24(35-2)14-10-21)32-30(33)38-19-17-31-29(34)23-7-6-8-26(20-23)37-4/h6-16,20H,5,17-19H2,1-4H3,(H,31,34). The van der Waals surface area contributed by atoms with Gasteiger partial charge in [-0.25, -0.2) is 4.98 Å². The van der Waals surface area contributed by atoms with Crippen molar-refractivity contribution in [1.82, 2.24) is 14.9 Å². The summed E-state index contributed by atoms with van der Waals surface area (Å²) in [5.74, 6) is 2.82. The summed E-state index contributed by atoms with van der Waals surface area (Å²) >= 11 is 1.63. The van der Waals surface area contributed by atoms with Crippen molar-refractivity contribution in [1.29, 1.82) is 0 Å². The molecule has 1 amide bonds. The van der Waals surface area contributed by atoms with Gasteiger partial charge >= 0.3 is 0 Å². The Hall–Kier alpha value is -3.91. The van der Waals surface area contributed by atoms with Crippen molar-refractivity contribution in [3.05, 3.63) is 78.4 Å². The minimum absolute atomic E-state index is 0.126. The van der Waals surface area contributed by atoms with Gasteiger partial charge in [-0.3, -0.25) is 4.79 Å². The van der Waals surface area contributed by atoms with E-state index in [1.807, 2.05) is 48.5 Å². The number of ether oxygens (including phenoxy) is 3. The zero-order chi connectivity index (χ0) is 26.9. The number of carbonyl (C=O) groups is 1. The Bertz CT molecular complexity index is 1350. The van der Waals surface area contributed by atoms with Gasteiger partial charge in [-0.2, -0.15) is 0 Å². The molecular weight excluding hydrogens is 498 g/mol. The highest BCUT2D eigenvalue weighted by molar-refractivity contribution is 7.99. The summed E-state index contributed by atoms with van der Waals surface area (Å²) in [6.45, 7) is 3.49. The molecule has 0 bridgehead atoms. The minimum Gasteiger partial charge on any atom is -0.497 e. The normalized spacial score (nSPS) is 10.7. The van der Waals surface area contributed by atoms with Crippen LogP contribution >= 0.6 is 11.8 Å². The molecule has 0 spiro atoms. The molecule has 0 atom stereocenters. The number of hydrogen-bond acceptors (Lipinski definition) is 6. The number of imidazole rings is 1. The number of nitrogens with one attached hydrogen (secondary N) is 1. The van der Waals surface area contributed by atoms with E-state index in [1.54, 1.807) is 45.2 Å². The van der Waals surface area contributed by atoms with Crippen LogP contribution in [0, 0.1) is 0 Å². The number of thioether (sulfide) groups is 1. The lowest BCUT2D eigenvalue weighted by Crippen LogP contribution is -2.25. The lowest BCUT2D eigenvalue weighted by atomic mass is 10.0. The molecule has 0 saturated carbocycles. The van der Waals surface area contributed by atoms with Crippen LogP contribution in [0.4, 0.5) is 0 Å². The summed E-state index contributed by atoms with van der Waals surface area (Å²) in [6.07, 6.45) is 0.960. The molecule has 198 valence electrons. The third kappa shape index (κ3) is 6.31. The second-order valence-corrected chi connectivity index (χ2v) is 9.60. The van der Waals surface area contributed by atoms with E-state index in [-0.39, 0.29) is 5.91 Å². The molecule has 38 heavy (non-hydrogen) atoms. The summed E-state index contributed by atoms with van der Waals surface area (Å²) in [5, 5.41) is 3.92. The van der Waals surface area contributed by atoms with E-state index in [0.717, 1.165) is 52.1 Å². The smallest absolute Gasteiger partial charge is 0.251 e. The first-order valence-corrected chi connectivity index (χ1v) is 13.5. The van der Waals surface area contributed by atoms with E-state index in [2.05, 4.69) is 28.9 Å². The van der Waals surface area contributed by atoms with Crippen LogP contribution in [0.3, 0.4) is 0 Å². The Morgan fingerprint density at radius 3 is 2.11 bits per heavy atom. The predicted molar refractivity (Wildman–Crippen MR) is 153 cm³/mol. The minimum atomic E-state index is -0.126. The molecule has 4 rings (SSSR count). The molecule has 0 aliphatic carbocycles. The van der Waals surface area contributed by atoms with Crippen LogP contribution in [-0.2, 0) is 6.54 Å². The molecule has 1 aromatic heterocycles. The van der Waals surface area contributed by atoms with E-state index in [9.17, 15) is 4.79 Å². The van der Waals surface area contributed by atoms with Crippen molar-refractivity contribution in [3.63, 3.8) is 0 Å². The van der Waals surface area contributed by atoms with Gasteiger partial charge in [0.15, 0.2) is 5.16 Å². The number of carbonyl (C=O) groups excluding carboxylic acids is 1. The number of aromatic nitrogens is 2. The topological polar surface area (TPSA) is 74.6 Å². The Balaban J connectivity index is 1.59. The van der Waals surface area contributed by atoms with Crippen molar-refractivity contribution in [3.8, 4) is 39.8 Å². The fourth-order valence-electron chi connectivity index (χ4n) is 4.14. The zero-order valence-corrected chi connectivity index (χ0v) is 23.0. The highest BCUT2D eigenvalue weighted by Gasteiger charge is 2.20. The van der Waals surface area contributed by atoms with Gasteiger partial charge in [0.05, 0.1) is 32.7 Å². The molecule has 0 aliphatic heterocycles. The summed E-state index contributed by atoms with van der Waals surface area (Å²) < 4.78 is 18.2. The second kappa shape index (κ2) is 13.1. The second-order valence-electron chi connectivity index (χ2n) is 8.54. The van der Waals surface area contributed by atoms with E-state index in [0.29, 0.717) is 23.6 Å². The first kappa shape index (κ1) is 27.1. The lowest BCUT2D eigenvalue weighted by Gasteiger charge is -2.13. The Labute approximate surface area is 228 Å². The number of benzene rings is 3. The molecule has 1 heterocycles. The lowest BCUT2D eigenvalue weighted by molar-refractivity contribution is 0.0956. The van der Waals surface area contributed by atoms with Gasteiger partial charge in [0.2, 0.25) is 0 Å². The van der Waals surface area contributed by atoms with Crippen LogP contribution in [0.15, 0.2) is 78.0 Å². The predicted octanol–water partition coefficient (Wildman–Crippen LogP) is 6.18. The summed E-state index contributed by atoms with van der Waals surface area (Å²) in [4.78, 5) is 17.7. The van der Waals surface area contributed by atoms with Gasteiger partial charge in [-0.15, -0.1) is 0 Å². The summed E-state index contributed by atoms with van der Waals surface area (Å²) in [5.41, 5.74) is 4.62. The quantitative estimate of drug-likeness (QED) is 0.174. The SMILES string of the molecule is CCCn1c(SCCNC(=O)c2cccc(OC)c2)nc(-c2ccc(OC)cc2)c1-c1ccc(OC)cc1. The molecule has 0 saturated heterocycles. The van der Waals surface area contributed by atoms with Crippen LogP contribution in [0.2, 0.25) is 0 Å². The third-order valence-electron chi connectivity index (χ3n) is 6.06. The van der Waals surface area contributed by atoms with Crippen molar-refractivity contribution >= 4 is 17.7 Å². The maximum absolute atomic E-state index is 12.6. The Morgan fingerprint density at radius 2 is 1.50 bits per heavy atom. The third-order valence-corrected chi connectivity index (χ3v) is 7.04. The van der Waals surface area contributed by atoms with Crippen LogP contribution in [0.5, 0.6) is 17.2 Å². The highest BCUT2D eigenvalue weighted by Crippen LogP contribution is 2.37. The molecule has 0 aliphatic rings. The molecular formula is C30H33N3O4S. The van der Waals surface area contributed by atoms with E-state index in [4.69, 9.17) is 19.2 Å². The van der Waals surface area contributed by atoms with Crippen molar-refractivity contribution in [2.24, 2.45) is 0 Å². The average Bonchev–Trinajstić information content (AvgIpc) is 3.33. The fraction of sp³-hybridized carbons (Fsp3) is 0.267. The van der Waals surface area contributed by atoms with Crippen LogP contribution < -0.4 is 19.5 Å². The number of hydrogen-bond donors (Lipinski definition) is 1. The van der Waals surface area contributed by atoms with Crippen LogP contribution in [0.1, 0.15) is 23.7 Å². The first-order chi connectivity index (χ1) is 18.6. The van der Waals surface area contributed by atoms with Gasteiger partial charge in [0, 0.05) is 35.5 Å². The summed E-state index contributed by atoms with van der Waals surface area (Å²) in [7, 11) is 4.92. The average molecular weight is 532 g/mol. The van der Waals surface area contributed by atoms with E-state index < -0.39 is 0 Å². The molecule has 0 radical (unpaired) electrons. The maximum Gasteiger partial charge on any atom is 0.251 e. The van der Waals surface area contributed by atoms with Crippen molar-refractivity contribution in [2.45, 2.75) is 25.0 Å². The van der Waals surface area contributed by atoms with Gasteiger partial charge in [-0.05, 0) is 73.2 Å². The van der Waals surface area contributed by atoms with Gasteiger partial charge in [0.1, 0.15) is 17.2 Å².